The molecule has 0 rings (SSSR count). The van der Waals surface area contributed by atoms with Crippen LogP contribution in [0.15, 0.2) is 24.8 Å². The third-order valence-corrected chi connectivity index (χ3v) is 1.57. The summed E-state index contributed by atoms with van der Waals surface area (Å²) in [6, 6.07) is 0. The second-order valence-corrected chi connectivity index (χ2v) is 2.82. The van der Waals surface area contributed by atoms with Crippen LogP contribution in [0.4, 0.5) is 0 Å². The van der Waals surface area contributed by atoms with E-state index in [1.165, 1.54) is 18.9 Å². The van der Waals surface area contributed by atoms with E-state index in [1.807, 2.05) is 6.08 Å². The highest BCUT2D eigenvalue weighted by atomic mass is 16.5. The third-order valence-electron chi connectivity index (χ3n) is 1.57. The van der Waals surface area contributed by atoms with Gasteiger partial charge < -0.3 is 4.74 Å². The van der Waals surface area contributed by atoms with Gasteiger partial charge in [0.25, 0.3) is 0 Å². The molecular formula is C11H18O2. The van der Waals surface area contributed by atoms with Gasteiger partial charge in [0.2, 0.25) is 0 Å². The van der Waals surface area contributed by atoms with Crippen LogP contribution in [0.5, 0.6) is 0 Å². The highest BCUT2D eigenvalue weighted by Crippen LogP contribution is 1.99. The number of esters is 1. The molecule has 13 heavy (non-hydrogen) atoms. The third kappa shape index (κ3) is 8.86. The Morgan fingerprint density at radius 2 is 2.23 bits per heavy atom. The number of allylic oxidation sites excluding steroid dienone is 1. The van der Waals surface area contributed by atoms with E-state index in [0.29, 0.717) is 0 Å². The highest BCUT2D eigenvalue weighted by molar-refractivity contribution is 5.81. The van der Waals surface area contributed by atoms with Gasteiger partial charge in [0.15, 0.2) is 0 Å². The molecule has 0 N–H and O–H groups in total. The van der Waals surface area contributed by atoms with Gasteiger partial charge in [-0.3, -0.25) is 0 Å². The molecule has 0 aromatic carbocycles. The Morgan fingerprint density at radius 3 is 2.85 bits per heavy atom. The Hall–Kier alpha value is -1.05. The van der Waals surface area contributed by atoms with Crippen molar-refractivity contribution in [3.05, 3.63) is 24.8 Å². The van der Waals surface area contributed by atoms with E-state index in [1.54, 1.807) is 6.08 Å². The van der Waals surface area contributed by atoms with E-state index in [9.17, 15) is 4.79 Å². The average molecular weight is 182 g/mol. The van der Waals surface area contributed by atoms with Crippen LogP contribution >= 0.6 is 0 Å². The van der Waals surface area contributed by atoms with Gasteiger partial charge in [0.05, 0.1) is 0 Å². The first-order valence-electron chi connectivity index (χ1n) is 4.75. The molecule has 0 amide bonds. The Balaban J connectivity index is 3.36. The number of ether oxygens (including phenoxy) is 1. The average Bonchev–Trinajstić information content (AvgIpc) is 2.14. The van der Waals surface area contributed by atoms with Gasteiger partial charge in [-0.25, -0.2) is 4.79 Å². The second kappa shape index (κ2) is 9.04. The predicted molar refractivity (Wildman–Crippen MR) is 54.4 cm³/mol. The van der Waals surface area contributed by atoms with Crippen molar-refractivity contribution in [2.45, 2.75) is 32.6 Å². The number of carbonyl (C=O) groups is 1. The van der Waals surface area contributed by atoms with Crippen molar-refractivity contribution in [1.29, 1.82) is 0 Å². The molecule has 0 saturated heterocycles. The maximum absolute atomic E-state index is 10.9. The molecule has 0 aromatic rings. The van der Waals surface area contributed by atoms with E-state index < -0.39 is 0 Å². The molecule has 0 unspecified atom stereocenters. The molecule has 0 aliphatic rings. The van der Waals surface area contributed by atoms with E-state index >= 15 is 0 Å². The zero-order chi connectivity index (χ0) is 9.94. The van der Waals surface area contributed by atoms with Crippen LogP contribution in [0.1, 0.15) is 32.6 Å². The van der Waals surface area contributed by atoms with Gasteiger partial charge in [-0.15, -0.1) is 0 Å². The zero-order valence-corrected chi connectivity index (χ0v) is 8.29. The number of rotatable bonds is 7. The minimum absolute atomic E-state index is 0.281. The van der Waals surface area contributed by atoms with Crippen molar-refractivity contribution in [3.63, 3.8) is 0 Å². The summed E-state index contributed by atoms with van der Waals surface area (Å²) < 4.78 is 4.75. The summed E-state index contributed by atoms with van der Waals surface area (Å²) in [7, 11) is 0. The summed E-state index contributed by atoms with van der Waals surface area (Å²) in [5, 5.41) is 0. The van der Waals surface area contributed by atoms with Crippen molar-refractivity contribution in [2.75, 3.05) is 6.61 Å². The SMILES string of the molecule is C=CCOC(=O)/C=C/CCCCC. The van der Waals surface area contributed by atoms with Crippen LogP contribution in [0.25, 0.3) is 0 Å². The lowest BCUT2D eigenvalue weighted by Gasteiger charge is -1.95. The lowest BCUT2D eigenvalue weighted by Crippen LogP contribution is -1.99. The largest absolute Gasteiger partial charge is 0.458 e. The first-order chi connectivity index (χ1) is 6.31. The maximum atomic E-state index is 10.9. The predicted octanol–water partition coefficient (Wildman–Crippen LogP) is 2.85. The summed E-state index contributed by atoms with van der Waals surface area (Å²) in [6.07, 6.45) is 9.42. The molecule has 0 heterocycles. The van der Waals surface area contributed by atoms with Crippen LogP contribution in [-0.4, -0.2) is 12.6 Å². The fourth-order valence-corrected chi connectivity index (χ4v) is 0.881. The maximum Gasteiger partial charge on any atom is 0.330 e. The molecule has 0 saturated carbocycles. The summed E-state index contributed by atoms with van der Waals surface area (Å²) in [6.45, 7) is 5.90. The van der Waals surface area contributed by atoms with Crippen molar-refractivity contribution in [1.82, 2.24) is 0 Å². The van der Waals surface area contributed by atoms with Crippen molar-refractivity contribution < 1.29 is 9.53 Å². The lowest BCUT2D eigenvalue weighted by molar-refractivity contribution is -0.136. The van der Waals surface area contributed by atoms with Gasteiger partial charge in [0, 0.05) is 6.08 Å². The second-order valence-electron chi connectivity index (χ2n) is 2.82. The molecule has 2 nitrogen and oxygen atoms in total. The Kier molecular flexibility index (Phi) is 8.31. The Bertz CT molecular complexity index is 171. The van der Waals surface area contributed by atoms with Crippen LogP contribution < -0.4 is 0 Å². The zero-order valence-electron chi connectivity index (χ0n) is 8.29. The summed E-state index contributed by atoms with van der Waals surface area (Å²) in [5.41, 5.74) is 0. The molecule has 0 aromatic heterocycles. The van der Waals surface area contributed by atoms with Crippen molar-refractivity contribution in [3.8, 4) is 0 Å². The first-order valence-corrected chi connectivity index (χ1v) is 4.75. The highest BCUT2D eigenvalue weighted by Gasteiger charge is 1.92. The molecule has 0 aliphatic heterocycles. The Morgan fingerprint density at radius 1 is 1.46 bits per heavy atom. The van der Waals surface area contributed by atoms with Crippen LogP contribution in [0, 0.1) is 0 Å². The minimum Gasteiger partial charge on any atom is -0.458 e. The Labute approximate surface area is 80.3 Å². The smallest absolute Gasteiger partial charge is 0.330 e. The molecule has 74 valence electrons. The fourth-order valence-electron chi connectivity index (χ4n) is 0.881. The van der Waals surface area contributed by atoms with Gasteiger partial charge in [-0.2, -0.15) is 0 Å². The van der Waals surface area contributed by atoms with Gasteiger partial charge >= 0.3 is 5.97 Å². The van der Waals surface area contributed by atoms with Gasteiger partial charge in [0.1, 0.15) is 6.61 Å². The monoisotopic (exact) mass is 182 g/mol. The number of hydrogen-bond donors (Lipinski definition) is 0. The normalized spacial score (nSPS) is 10.2. The molecule has 0 radical (unpaired) electrons. The van der Waals surface area contributed by atoms with Crippen molar-refractivity contribution >= 4 is 5.97 Å². The first kappa shape index (κ1) is 11.9. The van der Waals surface area contributed by atoms with Crippen molar-refractivity contribution in [2.24, 2.45) is 0 Å². The molecule has 0 aliphatic carbocycles. The molecular weight excluding hydrogens is 164 g/mol. The molecule has 0 spiro atoms. The summed E-state index contributed by atoms with van der Waals surface area (Å²) in [5.74, 6) is -0.281. The van der Waals surface area contributed by atoms with Crippen LogP contribution in [-0.2, 0) is 9.53 Å². The van der Waals surface area contributed by atoms with E-state index in [-0.39, 0.29) is 12.6 Å². The number of carbonyl (C=O) groups excluding carboxylic acids is 1. The summed E-state index contributed by atoms with van der Waals surface area (Å²) in [4.78, 5) is 10.9. The lowest BCUT2D eigenvalue weighted by atomic mass is 10.2. The van der Waals surface area contributed by atoms with E-state index in [0.717, 1.165) is 12.8 Å². The van der Waals surface area contributed by atoms with Crippen LogP contribution in [0.3, 0.4) is 0 Å². The van der Waals surface area contributed by atoms with E-state index in [4.69, 9.17) is 4.74 Å². The fraction of sp³-hybridized carbons (Fsp3) is 0.545. The number of hydrogen-bond acceptors (Lipinski definition) is 2. The molecule has 0 fully saturated rings. The van der Waals surface area contributed by atoms with E-state index in [2.05, 4.69) is 13.5 Å². The minimum atomic E-state index is -0.281. The standard InChI is InChI=1S/C11H18O2/c1-3-5-6-7-8-9-11(12)13-10-4-2/h4,8-9H,2-3,5-7,10H2,1H3/b9-8+. The van der Waals surface area contributed by atoms with Gasteiger partial charge in [-0.05, 0) is 12.8 Å². The molecule has 0 atom stereocenters. The van der Waals surface area contributed by atoms with Crippen LogP contribution in [0.2, 0.25) is 0 Å². The molecule has 2 heteroatoms. The van der Waals surface area contributed by atoms with Gasteiger partial charge in [-0.1, -0.05) is 38.5 Å². The summed E-state index contributed by atoms with van der Waals surface area (Å²) >= 11 is 0. The quantitative estimate of drug-likeness (QED) is 0.262. The molecule has 0 bridgehead atoms. The topological polar surface area (TPSA) is 26.3 Å². The number of unbranched alkanes of at least 4 members (excludes halogenated alkanes) is 3.